The normalized spacial score (nSPS) is 25.8. The summed E-state index contributed by atoms with van der Waals surface area (Å²) in [4.78, 5) is 15.4. The minimum Gasteiger partial charge on any atom is -0.469 e. The molecule has 2 N–H and O–H groups in total. The summed E-state index contributed by atoms with van der Waals surface area (Å²) in [6.45, 7) is 4.98. The van der Waals surface area contributed by atoms with Gasteiger partial charge in [0.2, 0.25) is 0 Å². The first-order chi connectivity index (χ1) is 11.3. The smallest absolute Gasteiger partial charge is 0.136 e. The second kappa shape index (κ2) is 5.69. The minimum atomic E-state index is -1.29. The van der Waals surface area contributed by atoms with Crippen molar-refractivity contribution in [3.8, 4) is 6.07 Å². The molecule has 0 amide bonds. The summed E-state index contributed by atoms with van der Waals surface area (Å²) in [6.07, 6.45) is 1.74. The van der Waals surface area contributed by atoms with Crippen molar-refractivity contribution in [3.05, 3.63) is 51.2 Å². The predicted octanol–water partition coefficient (Wildman–Crippen LogP) is 3.16. The van der Waals surface area contributed by atoms with Crippen LogP contribution in [0.5, 0.6) is 0 Å². The number of carbonyl (C=O) groups is 1. The van der Waals surface area contributed by atoms with E-state index in [-0.39, 0.29) is 12.2 Å². The molecule has 1 aliphatic carbocycles. The summed E-state index contributed by atoms with van der Waals surface area (Å²) in [5, 5.41) is 20.5. The molecule has 1 aliphatic rings. The topological polar surface area (TPSA) is 90.0 Å². The number of furan rings is 1. The maximum absolute atomic E-state index is 12.4. The van der Waals surface area contributed by atoms with Crippen LogP contribution in [0.25, 0.3) is 0 Å². The predicted molar refractivity (Wildman–Crippen MR) is 90.1 cm³/mol. The van der Waals surface area contributed by atoms with Crippen LogP contribution in [0.15, 0.2) is 22.8 Å². The minimum absolute atomic E-state index is 0.118. The largest absolute Gasteiger partial charge is 0.469 e. The van der Waals surface area contributed by atoms with Gasteiger partial charge < -0.3 is 14.5 Å². The summed E-state index contributed by atoms with van der Waals surface area (Å²) < 4.78 is 5.93. The molecule has 2 heterocycles. The summed E-state index contributed by atoms with van der Waals surface area (Å²) in [7, 11) is 0. The molecule has 24 heavy (non-hydrogen) atoms. The molecule has 2 aromatic heterocycles. The van der Waals surface area contributed by atoms with Crippen LogP contribution in [0.1, 0.15) is 47.9 Å². The van der Waals surface area contributed by atoms with Gasteiger partial charge >= 0.3 is 0 Å². The number of aryl methyl sites for hydroxylation is 1. The molecule has 0 saturated carbocycles. The van der Waals surface area contributed by atoms with Gasteiger partial charge in [0, 0.05) is 12.1 Å². The summed E-state index contributed by atoms with van der Waals surface area (Å²) in [6, 6.07) is 5.68. The zero-order chi connectivity index (χ0) is 17.6. The molecular formula is C18H18N2O3S. The van der Waals surface area contributed by atoms with Crippen molar-refractivity contribution < 1.29 is 14.3 Å². The van der Waals surface area contributed by atoms with Crippen molar-refractivity contribution in [2.45, 2.75) is 38.7 Å². The number of pyridine rings is 1. The van der Waals surface area contributed by atoms with E-state index in [4.69, 9.17) is 16.6 Å². The molecule has 0 bridgehead atoms. The van der Waals surface area contributed by atoms with E-state index in [1.807, 2.05) is 6.92 Å². The van der Waals surface area contributed by atoms with Crippen LogP contribution in [0.4, 0.5) is 0 Å². The lowest BCUT2D eigenvalue weighted by atomic mass is 9.64. The quantitative estimate of drug-likeness (QED) is 0.818. The third-order valence-electron chi connectivity index (χ3n) is 4.81. The number of carbonyl (C=O) groups excluding carboxylic acids is 1. The first-order valence-corrected chi connectivity index (χ1v) is 8.10. The lowest BCUT2D eigenvalue weighted by Gasteiger charge is -2.42. The Balaban J connectivity index is 2.40. The van der Waals surface area contributed by atoms with Gasteiger partial charge in [-0.05, 0) is 44.0 Å². The standard InChI is InChI=1S/C18H18N2O3S/c1-9-14-11(12(8-19)17(24)20-9)7-18(3,22)16(10(2)21)15(14)13-5-4-6-23-13/h4-6,15-16,22H,7H2,1-3H3,(H,20,24). The molecule has 3 unspecified atom stereocenters. The number of fused-ring (bicyclic) bond motifs is 1. The van der Waals surface area contributed by atoms with Crippen LogP contribution in [0.2, 0.25) is 0 Å². The van der Waals surface area contributed by atoms with E-state index in [0.717, 1.165) is 11.3 Å². The number of aromatic nitrogens is 1. The lowest BCUT2D eigenvalue weighted by Crippen LogP contribution is -2.48. The number of nitrogens with one attached hydrogen (secondary N) is 1. The molecule has 0 aromatic carbocycles. The summed E-state index contributed by atoms with van der Waals surface area (Å²) in [5.41, 5.74) is 1.36. The number of H-pyrrole nitrogens is 1. The fourth-order valence-corrected chi connectivity index (χ4v) is 4.28. The van der Waals surface area contributed by atoms with Crippen LogP contribution >= 0.6 is 12.2 Å². The Bertz CT molecular complexity index is 904. The van der Waals surface area contributed by atoms with Gasteiger partial charge in [-0.15, -0.1) is 0 Å². The van der Waals surface area contributed by atoms with Gasteiger partial charge in [0.25, 0.3) is 0 Å². The number of rotatable bonds is 2. The molecule has 124 valence electrons. The van der Waals surface area contributed by atoms with Crippen molar-refractivity contribution in [2.75, 3.05) is 0 Å². The van der Waals surface area contributed by atoms with Crippen molar-refractivity contribution in [2.24, 2.45) is 5.92 Å². The van der Waals surface area contributed by atoms with E-state index < -0.39 is 17.4 Å². The number of aliphatic hydroxyl groups is 1. The number of Topliss-reactive ketones (excluding diaryl/α,β-unsaturated/α-hetero) is 1. The second-order valence-electron chi connectivity index (χ2n) is 6.57. The molecule has 5 nitrogen and oxygen atoms in total. The average molecular weight is 342 g/mol. The van der Waals surface area contributed by atoms with Crippen molar-refractivity contribution >= 4 is 18.0 Å². The SMILES string of the molecule is CC(=O)C1C(c2ccco2)c2c(C)[nH]c(=S)c(C#N)c2CC1(C)O. The number of aromatic amines is 1. The highest BCUT2D eigenvalue weighted by Gasteiger charge is 2.49. The molecule has 0 fully saturated rings. The summed E-state index contributed by atoms with van der Waals surface area (Å²) >= 11 is 5.27. The maximum Gasteiger partial charge on any atom is 0.136 e. The molecule has 0 spiro atoms. The van der Waals surface area contributed by atoms with Crippen LogP contribution in [-0.2, 0) is 11.2 Å². The van der Waals surface area contributed by atoms with Gasteiger partial charge in [0.1, 0.15) is 22.3 Å². The summed E-state index contributed by atoms with van der Waals surface area (Å²) in [5.74, 6) is -0.651. The Hall–Kier alpha value is -2.23. The van der Waals surface area contributed by atoms with E-state index in [9.17, 15) is 15.2 Å². The van der Waals surface area contributed by atoms with Crippen molar-refractivity contribution in [1.29, 1.82) is 5.26 Å². The van der Waals surface area contributed by atoms with Crippen molar-refractivity contribution in [1.82, 2.24) is 4.98 Å². The Morgan fingerprint density at radius 2 is 2.29 bits per heavy atom. The van der Waals surface area contributed by atoms with E-state index in [1.165, 1.54) is 6.92 Å². The Kier molecular flexibility index (Phi) is 3.94. The molecule has 2 aromatic rings. The fourth-order valence-electron chi connectivity index (χ4n) is 3.96. The molecular weight excluding hydrogens is 324 g/mol. The number of hydrogen-bond donors (Lipinski definition) is 2. The Morgan fingerprint density at radius 1 is 1.58 bits per heavy atom. The third-order valence-corrected chi connectivity index (χ3v) is 5.11. The molecule has 0 aliphatic heterocycles. The van der Waals surface area contributed by atoms with Crippen LogP contribution < -0.4 is 0 Å². The molecule has 0 radical (unpaired) electrons. The molecule has 0 saturated heterocycles. The highest BCUT2D eigenvalue weighted by atomic mass is 32.1. The average Bonchev–Trinajstić information content (AvgIpc) is 2.98. The number of hydrogen-bond acceptors (Lipinski definition) is 5. The zero-order valence-corrected chi connectivity index (χ0v) is 14.5. The van der Waals surface area contributed by atoms with E-state index in [2.05, 4.69) is 11.1 Å². The molecule has 6 heteroatoms. The Morgan fingerprint density at radius 3 is 2.83 bits per heavy atom. The fraction of sp³-hybridized carbons (Fsp3) is 0.389. The zero-order valence-electron chi connectivity index (χ0n) is 13.7. The van der Waals surface area contributed by atoms with Gasteiger partial charge in [-0.3, -0.25) is 4.79 Å². The van der Waals surface area contributed by atoms with Crippen LogP contribution in [-0.4, -0.2) is 21.5 Å². The number of ketones is 1. The third kappa shape index (κ3) is 2.41. The van der Waals surface area contributed by atoms with Gasteiger partial charge in [0.15, 0.2) is 0 Å². The van der Waals surface area contributed by atoms with Crippen LogP contribution in [0.3, 0.4) is 0 Å². The van der Waals surface area contributed by atoms with E-state index in [0.29, 0.717) is 21.5 Å². The van der Waals surface area contributed by atoms with Gasteiger partial charge in [0.05, 0.1) is 29.3 Å². The molecule has 3 rings (SSSR count). The van der Waals surface area contributed by atoms with Gasteiger partial charge in [-0.2, -0.15) is 5.26 Å². The van der Waals surface area contributed by atoms with Crippen molar-refractivity contribution in [3.63, 3.8) is 0 Å². The Labute approximate surface area is 144 Å². The van der Waals surface area contributed by atoms with Gasteiger partial charge in [-0.25, -0.2) is 0 Å². The van der Waals surface area contributed by atoms with E-state index in [1.54, 1.807) is 25.3 Å². The van der Waals surface area contributed by atoms with Crippen LogP contribution in [0, 0.1) is 28.8 Å². The molecule has 3 atom stereocenters. The number of nitrogens with zero attached hydrogens (tertiary/aromatic N) is 1. The number of nitriles is 1. The monoisotopic (exact) mass is 342 g/mol. The highest BCUT2D eigenvalue weighted by molar-refractivity contribution is 7.71. The van der Waals surface area contributed by atoms with Gasteiger partial charge in [-0.1, -0.05) is 12.2 Å². The van der Waals surface area contributed by atoms with E-state index >= 15 is 0 Å². The first kappa shape index (κ1) is 16.6. The first-order valence-electron chi connectivity index (χ1n) is 7.70. The second-order valence-corrected chi connectivity index (χ2v) is 6.98. The lowest BCUT2D eigenvalue weighted by molar-refractivity contribution is -0.131. The highest BCUT2D eigenvalue weighted by Crippen LogP contribution is 2.47. The maximum atomic E-state index is 12.4.